The third kappa shape index (κ3) is 4.20. The minimum Gasteiger partial charge on any atom is -0.492 e. The van der Waals surface area contributed by atoms with Crippen molar-refractivity contribution in [2.24, 2.45) is 7.05 Å². The molecule has 0 saturated carbocycles. The standard InChI is InChI=1S/C21H24N6O3/c1-3-30-18-8-13(20(28)24-15-11-29-12-15)4-5-17(18)25-21-23-9-16(22)19(26-21)14-6-7-27(2)10-14/h4-10,15H,3,11-12,22H2,1-2H3,(H,24,28)(H,23,25,26). The number of anilines is 3. The molecule has 1 aliphatic heterocycles. The van der Waals surface area contributed by atoms with E-state index in [2.05, 4.69) is 20.6 Å². The zero-order chi connectivity index (χ0) is 21.1. The topological polar surface area (TPSA) is 116 Å². The number of amides is 1. The number of rotatable bonds is 7. The van der Waals surface area contributed by atoms with Crippen molar-refractivity contribution in [3.05, 3.63) is 48.4 Å². The molecule has 1 saturated heterocycles. The molecule has 9 nitrogen and oxygen atoms in total. The smallest absolute Gasteiger partial charge is 0.251 e. The fraction of sp³-hybridized carbons (Fsp3) is 0.286. The van der Waals surface area contributed by atoms with Gasteiger partial charge in [0.1, 0.15) is 11.4 Å². The molecule has 2 aromatic heterocycles. The van der Waals surface area contributed by atoms with Crippen molar-refractivity contribution >= 4 is 23.2 Å². The van der Waals surface area contributed by atoms with Crippen molar-refractivity contribution in [3.8, 4) is 17.0 Å². The van der Waals surface area contributed by atoms with Crippen LogP contribution in [0.4, 0.5) is 17.3 Å². The Morgan fingerprint density at radius 3 is 2.87 bits per heavy atom. The van der Waals surface area contributed by atoms with Gasteiger partial charge < -0.3 is 30.4 Å². The fourth-order valence-corrected chi connectivity index (χ4v) is 3.08. The van der Waals surface area contributed by atoms with Crippen LogP contribution < -0.4 is 21.1 Å². The Hall–Kier alpha value is -3.59. The number of carbonyl (C=O) groups is 1. The maximum atomic E-state index is 12.4. The molecule has 0 spiro atoms. The molecule has 4 rings (SSSR count). The van der Waals surface area contributed by atoms with Gasteiger partial charge in [-0.05, 0) is 31.2 Å². The molecule has 0 aliphatic carbocycles. The van der Waals surface area contributed by atoms with Gasteiger partial charge in [0.25, 0.3) is 5.91 Å². The van der Waals surface area contributed by atoms with Gasteiger partial charge >= 0.3 is 0 Å². The van der Waals surface area contributed by atoms with Crippen molar-refractivity contribution < 1.29 is 14.3 Å². The summed E-state index contributed by atoms with van der Waals surface area (Å²) in [5, 5.41) is 6.09. The Bertz CT molecular complexity index is 1060. The van der Waals surface area contributed by atoms with E-state index in [1.54, 1.807) is 24.4 Å². The largest absolute Gasteiger partial charge is 0.492 e. The summed E-state index contributed by atoms with van der Waals surface area (Å²) in [7, 11) is 1.93. The van der Waals surface area contributed by atoms with Gasteiger partial charge in [0.05, 0.1) is 43.4 Å². The van der Waals surface area contributed by atoms with Gasteiger partial charge in [-0.3, -0.25) is 4.79 Å². The summed E-state index contributed by atoms with van der Waals surface area (Å²) in [6, 6.07) is 7.21. The van der Waals surface area contributed by atoms with Crippen LogP contribution >= 0.6 is 0 Å². The first kappa shape index (κ1) is 19.7. The lowest BCUT2D eigenvalue weighted by atomic mass is 10.1. The number of hydrogen-bond acceptors (Lipinski definition) is 7. The summed E-state index contributed by atoms with van der Waals surface area (Å²) in [6.45, 7) is 3.42. The summed E-state index contributed by atoms with van der Waals surface area (Å²) in [5.41, 5.74) is 9.27. The number of hydrogen-bond donors (Lipinski definition) is 3. The van der Waals surface area contributed by atoms with Crippen molar-refractivity contribution in [2.75, 3.05) is 30.9 Å². The van der Waals surface area contributed by atoms with Crippen LogP contribution in [0.25, 0.3) is 11.3 Å². The maximum Gasteiger partial charge on any atom is 0.251 e. The van der Waals surface area contributed by atoms with E-state index in [4.69, 9.17) is 15.2 Å². The van der Waals surface area contributed by atoms with Gasteiger partial charge in [0.2, 0.25) is 5.95 Å². The SMILES string of the molecule is CCOc1cc(C(=O)NC2COC2)ccc1Nc1ncc(N)c(-c2ccn(C)c2)n1. The van der Waals surface area contributed by atoms with E-state index in [-0.39, 0.29) is 11.9 Å². The Kier molecular flexibility index (Phi) is 5.53. The summed E-state index contributed by atoms with van der Waals surface area (Å²) >= 11 is 0. The molecule has 1 amide bonds. The second-order valence-electron chi connectivity index (χ2n) is 7.04. The van der Waals surface area contributed by atoms with E-state index < -0.39 is 0 Å². The number of ether oxygens (including phenoxy) is 2. The molecule has 30 heavy (non-hydrogen) atoms. The molecule has 156 valence electrons. The zero-order valence-corrected chi connectivity index (χ0v) is 16.9. The number of benzene rings is 1. The highest BCUT2D eigenvalue weighted by Crippen LogP contribution is 2.30. The molecule has 0 bridgehead atoms. The Morgan fingerprint density at radius 1 is 1.37 bits per heavy atom. The number of nitrogens with two attached hydrogens (primary N) is 1. The summed E-state index contributed by atoms with van der Waals surface area (Å²) in [6.07, 6.45) is 5.44. The number of nitrogens with one attached hydrogen (secondary N) is 2. The first-order chi connectivity index (χ1) is 14.5. The van der Waals surface area contributed by atoms with Crippen LogP contribution in [0.15, 0.2) is 42.9 Å². The second kappa shape index (κ2) is 8.42. The van der Waals surface area contributed by atoms with Crippen LogP contribution in [-0.2, 0) is 11.8 Å². The first-order valence-electron chi connectivity index (χ1n) is 9.71. The fourth-order valence-electron chi connectivity index (χ4n) is 3.08. The number of nitrogens with zero attached hydrogens (tertiary/aromatic N) is 3. The summed E-state index contributed by atoms with van der Waals surface area (Å²) < 4.78 is 12.8. The van der Waals surface area contributed by atoms with E-state index >= 15 is 0 Å². The minimum atomic E-state index is -0.161. The van der Waals surface area contributed by atoms with Crippen molar-refractivity contribution in [1.82, 2.24) is 19.9 Å². The van der Waals surface area contributed by atoms with E-state index in [1.165, 1.54) is 0 Å². The van der Waals surface area contributed by atoms with Gasteiger partial charge in [0.15, 0.2) is 0 Å². The predicted octanol–water partition coefficient (Wildman–Crippen LogP) is 2.34. The highest BCUT2D eigenvalue weighted by molar-refractivity contribution is 5.95. The number of nitrogen functional groups attached to an aromatic ring is 1. The molecule has 1 fully saturated rings. The van der Waals surface area contributed by atoms with Crippen LogP contribution in [0.1, 0.15) is 17.3 Å². The molecule has 1 aromatic carbocycles. The molecule has 3 aromatic rings. The number of aromatic nitrogens is 3. The molecule has 0 atom stereocenters. The molecule has 9 heteroatoms. The number of aryl methyl sites for hydroxylation is 1. The number of carbonyl (C=O) groups excluding carboxylic acids is 1. The van der Waals surface area contributed by atoms with Crippen LogP contribution in [0, 0.1) is 0 Å². The van der Waals surface area contributed by atoms with Crippen molar-refractivity contribution in [3.63, 3.8) is 0 Å². The lowest BCUT2D eigenvalue weighted by molar-refractivity contribution is -0.00346. The van der Waals surface area contributed by atoms with Crippen LogP contribution in [0.2, 0.25) is 0 Å². The second-order valence-corrected chi connectivity index (χ2v) is 7.04. The van der Waals surface area contributed by atoms with Crippen molar-refractivity contribution in [2.45, 2.75) is 13.0 Å². The van der Waals surface area contributed by atoms with E-state index in [9.17, 15) is 4.79 Å². The summed E-state index contributed by atoms with van der Waals surface area (Å²) in [5.74, 6) is 0.760. The van der Waals surface area contributed by atoms with Crippen molar-refractivity contribution in [1.29, 1.82) is 0 Å². The van der Waals surface area contributed by atoms with E-state index in [1.807, 2.05) is 37.0 Å². The first-order valence-corrected chi connectivity index (χ1v) is 9.71. The van der Waals surface area contributed by atoms with Gasteiger partial charge in [-0.15, -0.1) is 0 Å². The van der Waals surface area contributed by atoms with Crippen LogP contribution in [0.3, 0.4) is 0 Å². The molecular weight excluding hydrogens is 384 g/mol. The quantitative estimate of drug-likeness (QED) is 0.549. The molecule has 3 heterocycles. The lowest BCUT2D eigenvalue weighted by Crippen LogP contribution is -2.48. The van der Waals surface area contributed by atoms with Gasteiger partial charge in [-0.25, -0.2) is 9.97 Å². The van der Waals surface area contributed by atoms with E-state index in [0.717, 1.165) is 5.56 Å². The lowest BCUT2D eigenvalue weighted by Gasteiger charge is -2.26. The maximum absolute atomic E-state index is 12.4. The van der Waals surface area contributed by atoms with Crippen LogP contribution in [-0.4, -0.2) is 46.3 Å². The van der Waals surface area contributed by atoms with E-state index in [0.29, 0.717) is 54.2 Å². The van der Waals surface area contributed by atoms with Gasteiger partial charge in [-0.2, -0.15) is 0 Å². The average molecular weight is 408 g/mol. The molecule has 0 unspecified atom stereocenters. The highest BCUT2D eigenvalue weighted by Gasteiger charge is 2.21. The summed E-state index contributed by atoms with van der Waals surface area (Å²) in [4.78, 5) is 21.3. The van der Waals surface area contributed by atoms with Crippen LogP contribution in [0.5, 0.6) is 5.75 Å². The highest BCUT2D eigenvalue weighted by atomic mass is 16.5. The van der Waals surface area contributed by atoms with Gasteiger partial charge in [0, 0.05) is 30.6 Å². The average Bonchev–Trinajstić information content (AvgIpc) is 3.13. The molecular formula is C21H24N6O3. The predicted molar refractivity (Wildman–Crippen MR) is 114 cm³/mol. The zero-order valence-electron chi connectivity index (χ0n) is 16.9. The molecule has 4 N–H and O–H groups in total. The monoisotopic (exact) mass is 408 g/mol. The van der Waals surface area contributed by atoms with Gasteiger partial charge in [-0.1, -0.05) is 0 Å². The normalized spacial score (nSPS) is 13.5. The molecule has 0 radical (unpaired) electrons. The Labute approximate surface area is 174 Å². The minimum absolute atomic E-state index is 0.0606. The third-order valence-electron chi connectivity index (χ3n) is 4.69. The Morgan fingerprint density at radius 2 is 2.20 bits per heavy atom. The molecule has 1 aliphatic rings. The third-order valence-corrected chi connectivity index (χ3v) is 4.69. The Balaban J connectivity index is 1.58.